The van der Waals surface area contributed by atoms with E-state index in [1.165, 1.54) is 18.4 Å². The maximum Gasteiger partial charge on any atom is 0.300 e. The Kier molecular flexibility index (Phi) is 5.52. The van der Waals surface area contributed by atoms with Gasteiger partial charge in [0.2, 0.25) is 0 Å². The zero-order chi connectivity index (χ0) is 18.7. The lowest BCUT2D eigenvalue weighted by Crippen LogP contribution is -2.16. The van der Waals surface area contributed by atoms with Crippen molar-refractivity contribution < 1.29 is 4.79 Å². The van der Waals surface area contributed by atoms with Crippen LogP contribution in [-0.4, -0.2) is 20.3 Å². The molecule has 0 aliphatic rings. The van der Waals surface area contributed by atoms with Gasteiger partial charge in [0.15, 0.2) is 10.5 Å². The molecule has 1 aromatic carbocycles. The molecule has 0 saturated carbocycles. The van der Waals surface area contributed by atoms with Crippen molar-refractivity contribution in [3.8, 4) is 0 Å². The van der Waals surface area contributed by atoms with E-state index in [0.29, 0.717) is 17.0 Å². The lowest BCUT2D eigenvalue weighted by Gasteiger charge is -2.03. The number of thiazole rings is 1. The molecule has 136 valence electrons. The number of allylic oxidation sites excluding steroid dienone is 1. The van der Waals surface area contributed by atoms with Crippen LogP contribution in [0.4, 0.5) is 0 Å². The molecule has 0 aliphatic heterocycles. The van der Waals surface area contributed by atoms with E-state index in [-0.39, 0.29) is 5.91 Å². The Morgan fingerprint density at radius 3 is 2.88 bits per heavy atom. The van der Waals surface area contributed by atoms with E-state index in [1.54, 1.807) is 23.1 Å². The number of hydrogen-bond acceptors (Lipinski definition) is 3. The van der Waals surface area contributed by atoms with E-state index in [4.69, 9.17) is 0 Å². The normalized spacial score (nSPS) is 12.0. The highest BCUT2D eigenvalue weighted by atomic mass is 32.1. The van der Waals surface area contributed by atoms with E-state index in [0.717, 1.165) is 22.2 Å². The molecule has 0 unspecified atom stereocenters. The van der Waals surface area contributed by atoms with Crippen LogP contribution in [0.25, 0.3) is 10.2 Å². The van der Waals surface area contributed by atoms with Crippen molar-refractivity contribution in [2.45, 2.75) is 39.7 Å². The molecule has 0 N–H and O–H groups in total. The van der Waals surface area contributed by atoms with Crippen molar-refractivity contribution in [3.05, 3.63) is 58.7 Å². The fourth-order valence-electron chi connectivity index (χ4n) is 3.00. The molecule has 0 bridgehead atoms. The number of benzene rings is 1. The van der Waals surface area contributed by atoms with E-state index in [2.05, 4.69) is 41.8 Å². The van der Waals surface area contributed by atoms with Crippen LogP contribution in [0.1, 0.15) is 41.4 Å². The molecule has 3 aromatic rings. The molecular weight excluding hydrogens is 344 g/mol. The summed E-state index contributed by atoms with van der Waals surface area (Å²) in [6.07, 6.45) is 7.08. The summed E-state index contributed by atoms with van der Waals surface area (Å²) in [6, 6.07) is 6.50. The number of amides is 1. The number of carbonyl (C=O) groups is 1. The van der Waals surface area contributed by atoms with Crippen LogP contribution in [-0.2, 0) is 20.0 Å². The third kappa shape index (κ3) is 3.70. The largest absolute Gasteiger partial charge is 0.312 e. The van der Waals surface area contributed by atoms with Crippen molar-refractivity contribution in [1.82, 2.24) is 14.3 Å². The fraction of sp³-hybridized carbons (Fsp3) is 0.350. The van der Waals surface area contributed by atoms with E-state index < -0.39 is 0 Å². The Morgan fingerprint density at radius 1 is 1.42 bits per heavy atom. The van der Waals surface area contributed by atoms with Crippen LogP contribution < -0.4 is 4.80 Å². The molecule has 0 spiro atoms. The summed E-state index contributed by atoms with van der Waals surface area (Å²) in [6.45, 7) is 8.52. The van der Waals surface area contributed by atoms with Gasteiger partial charge in [-0.1, -0.05) is 36.8 Å². The monoisotopic (exact) mass is 368 g/mol. The first-order valence-corrected chi connectivity index (χ1v) is 9.67. The first kappa shape index (κ1) is 18.3. The second-order valence-corrected chi connectivity index (χ2v) is 7.45. The van der Waals surface area contributed by atoms with Crippen LogP contribution in [0.2, 0.25) is 0 Å². The second kappa shape index (κ2) is 7.83. The Labute approximate surface area is 157 Å². The van der Waals surface area contributed by atoms with Gasteiger partial charge in [-0.2, -0.15) is 10.1 Å². The predicted octanol–water partition coefficient (Wildman–Crippen LogP) is 4.01. The average molecular weight is 369 g/mol. The highest BCUT2D eigenvalue weighted by Gasteiger charge is 2.14. The predicted molar refractivity (Wildman–Crippen MR) is 106 cm³/mol. The summed E-state index contributed by atoms with van der Waals surface area (Å²) in [7, 11) is 1.80. The lowest BCUT2D eigenvalue weighted by atomic mass is 10.1. The minimum Gasteiger partial charge on any atom is -0.312 e. The highest BCUT2D eigenvalue weighted by molar-refractivity contribution is 7.16. The summed E-state index contributed by atoms with van der Waals surface area (Å²) >= 11 is 1.54. The second-order valence-electron chi connectivity index (χ2n) is 6.44. The molecule has 26 heavy (non-hydrogen) atoms. The van der Waals surface area contributed by atoms with Gasteiger partial charge in [0.25, 0.3) is 5.91 Å². The number of nitrogens with zero attached hydrogens (tertiary/aromatic N) is 4. The van der Waals surface area contributed by atoms with Crippen molar-refractivity contribution in [2.24, 2.45) is 12.0 Å². The van der Waals surface area contributed by atoms with Gasteiger partial charge >= 0.3 is 0 Å². The number of unbranched alkanes of at least 4 members (excludes halogenated alkanes) is 1. The number of hydrogen-bond donors (Lipinski definition) is 0. The van der Waals surface area contributed by atoms with Crippen molar-refractivity contribution in [3.63, 3.8) is 0 Å². The lowest BCUT2D eigenvalue weighted by molar-refractivity contribution is 0.0992. The van der Waals surface area contributed by atoms with Crippen LogP contribution >= 0.6 is 11.3 Å². The minimum absolute atomic E-state index is 0.307. The third-order valence-electron chi connectivity index (χ3n) is 4.29. The summed E-state index contributed by atoms with van der Waals surface area (Å²) in [4.78, 5) is 17.7. The summed E-state index contributed by atoms with van der Waals surface area (Å²) in [5, 5.41) is 4.23. The van der Waals surface area contributed by atoms with E-state index in [1.807, 2.05) is 23.8 Å². The Bertz CT molecular complexity index is 1020. The number of carbonyl (C=O) groups excluding carboxylic acids is 1. The molecular formula is C20H24N4OS. The van der Waals surface area contributed by atoms with E-state index in [9.17, 15) is 4.79 Å². The summed E-state index contributed by atoms with van der Waals surface area (Å²) in [5.41, 5.74) is 3.64. The topological polar surface area (TPSA) is 52.2 Å². The first-order chi connectivity index (χ1) is 12.5. The Balaban J connectivity index is 2.08. The number of rotatable bonds is 6. The van der Waals surface area contributed by atoms with E-state index >= 15 is 0 Å². The molecule has 0 fully saturated rings. The average Bonchev–Trinajstić information content (AvgIpc) is 3.12. The minimum atomic E-state index is -0.307. The number of aromatic nitrogens is 3. The smallest absolute Gasteiger partial charge is 0.300 e. The molecule has 6 heteroatoms. The van der Waals surface area contributed by atoms with Crippen molar-refractivity contribution >= 4 is 27.5 Å². The maximum absolute atomic E-state index is 12.6. The number of aryl methyl sites for hydroxylation is 3. The van der Waals surface area contributed by atoms with Crippen LogP contribution in [0.3, 0.4) is 0 Å². The molecule has 5 nitrogen and oxygen atoms in total. The Hall–Kier alpha value is -2.47. The summed E-state index contributed by atoms with van der Waals surface area (Å²) in [5.74, 6) is -0.307. The van der Waals surface area contributed by atoms with Gasteiger partial charge in [-0.3, -0.25) is 9.48 Å². The number of fused-ring (bicyclic) bond motifs is 1. The van der Waals surface area contributed by atoms with Gasteiger partial charge in [-0.25, -0.2) is 0 Å². The van der Waals surface area contributed by atoms with Crippen LogP contribution in [0.15, 0.2) is 42.0 Å². The fourth-order valence-corrected chi connectivity index (χ4v) is 4.10. The molecule has 0 atom stereocenters. The quantitative estimate of drug-likeness (QED) is 0.617. The van der Waals surface area contributed by atoms with Gasteiger partial charge < -0.3 is 4.57 Å². The maximum atomic E-state index is 12.6. The molecule has 2 aromatic heterocycles. The van der Waals surface area contributed by atoms with Crippen molar-refractivity contribution in [2.75, 3.05) is 0 Å². The van der Waals surface area contributed by atoms with Gasteiger partial charge in [0, 0.05) is 25.4 Å². The molecule has 0 radical (unpaired) electrons. The van der Waals surface area contributed by atoms with Gasteiger partial charge in [-0.15, -0.1) is 6.58 Å². The standard InChI is InChI=1S/C20H24N4OS/c1-5-7-8-15-9-10-16-17(12-15)26-20(24(16)11-6-2)21-19(25)18-14(3)13-23(4)22-18/h6,9-10,12-13H,2,5,7-8,11H2,1,3-4H3. The van der Waals surface area contributed by atoms with Gasteiger partial charge in [0.05, 0.1) is 10.2 Å². The molecule has 3 rings (SSSR count). The zero-order valence-electron chi connectivity index (χ0n) is 15.5. The molecule has 0 aliphatic carbocycles. The van der Waals surface area contributed by atoms with Crippen molar-refractivity contribution in [1.29, 1.82) is 0 Å². The SMILES string of the molecule is C=CCn1c(=NC(=O)c2nn(C)cc2C)sc2cc(CCCC)ccc21. The molecule has 2 heterocycles. The van der Waals surface area contributed by atoms with Crippen LogP contribution in [0.5, 0.6) is 0 Å². The molecule has 0 saturated heterocycles. The zero-order valence-corrected chi connectivity index (χ0v) is 16.3. The highest BCUT2D eigenvalue weighted by Crippen LogP contribution is 2.21. The van der Waals surface area contributed by atoms with Crippen LogP contribution in [0, 0.1) is 6.92 Å². The first-order valence-electron chi connectivity index (χ1n) is 8.86. The van der Waals surface area contributed by atoms with Gasteiger partial charge in [0.1, 0.15) is 0 Å². The Morgan fingerprint density at radius 2 is 2.23 bits per heavy atom. The summed E-state index contributed by atoms with van der Waals surface area (Å²) < 4.78 is 4.82. The molecule has 1 amide bonds. The van der Waals surface area contributed by atoms with Gasteiger partial charge in [-0.05, 0) is 37.5 Å². The third-order valence-corrected chi connectivity index (χ3v) is 5.33.